The number of halogens is 2. The lowest BCUT2D eigenvalue weighted by molar-refractivity contribution is 0.0790. The largest absolute Gasteiger partial charge is 0.507 e. The van der Waals surface area contributed by atoms with Crippen molar-refractivity contribution in [3.05, 3.63) is 107 Å². The Morgan fingerprint density at radius 2 is 1.66 bits per heavy atom. The van der Waals surface area contributed by atoms with Crippen LogP contribution in [0.1, 0.15) is 70.2 Å². The molecule has 4 N–H and O–H groups in total. The number of ether oxygens (including phenoxy) is 1. The normalized spacial score (nSPS) is 18.2. The number of hydrogen-bond acceptors (Lipinski definition) is 11. The molecule has 47 heavy (non-hydrogen) atoms. The van der Waals surface area contributed by atoms with Gasteiger partial charge >= 0.3 is 0 Å². The van der Waals surface area contributed by atoms with Crippen LogP contribution in [-0.2, 0) is 28.0 Å². The zero-order valence-corrected chi connectivity index (χ0v) is 25.6. The maximum Gasteiger partial charge on any atom is 0.260 e. The summed E-state index contributed by atoms with van der Waals surface area (Å²) in [4.78, 5) is 75.4. The Bertz CT molecular complexity index is 2310. The number of carbonyl (C=O) groups is 4. The summed E-state index contributed by atoms with van der Waals surface area (Å²) in [7, 11) is 1.12. The number of phenolic OH excluding ortho intramolecular Hbond substituents is 3. The average Bonchev–Trinajstić information content (AvgIpc) is 3.55. The molecular weight excluding hydrogens is 655 g/mol. The van der Waals surface area contributed by atoms with Crippen LogP contribution in [-0.4, -0.2) is 56.8 Å². The minimum Gasteiger partial charge on any atom is -0.507 e. The van der Waals surface area contributed by atoms with Crippen molar-refractivity contribution in [1.29, 1.82) is 0 Å². The third-order valence-electron chi connectivity index (χ3n) is 8.75. The number of rotatable bonds is 5. The number of aromatic amines is 1. The molecule has 1 atom stereocenters. The first-order valence-electron chi connectivity index (χ1n) is 14.0. The van der Waals surface area contributed by atoms with Gasteiger partial charge in [-0.05, 0) is 42.2 Å². The van der Waals surface area contributed by atoms with Crippen molar-refractivity contribution in [1.82, 2.24) is 4.98 Å². The number of hydrogen-bond donors (Lipinski definition) is 4. The second kappa shape index (κ2) is 10.5. The van der Waals surface area contributed by atoms with Gasteiger partial charge < -0.3 is 29.9 Å². The van der Waals surface area contributed by atoms with E-state index in [1.165, 1.54) is 12.3 Å². The van der Waals surface area contributed by atoms with Gasteiger partial charge in [0, 0.05) is 22.0 Å². The number of fused-ring (bicyclic) bond motifs is 5. The predicted octanol–water partition coefficient (Wildman–Crippen LogP) is 4.67. The van der Waals surface area contributed by atoms with E-state index in [0.29, 0.717) is 5.02 Å². The van der Waals surface area contributed by atoms with Gasteiger partial charge in [-0.1, -0.05) is 40.5 Å². The Morgan fingerprint density at radius 3 is 2.34 bits per heavy atom. The molecule has 7 rings (SSSR count). The van der Waals surface area contributed by atoms with Crippen molar-refractivity contribution in [2.75, 3.05) is 7.11 Å². The van der Waals surface area contributed by atoms with Gasteiger partial charge in [-0.3, -0.25) is 24.0 Å². The van der Waals surface area contributed by atoms with Crippen LogP contribution in [0.4, 0.5) is 0 Å². The van der Waals surface area contributed by atoms with Gasteiger partial charge in [-0.15, -0.1) is 0 Å². The Balaban J connectivity index is 1.33. The maximum absolute atomic E-state index is 14.2. The monoisotopic (exact) mass is 674 g/mol. The van der Waals surface area contributed by atoms with Crippen LogP contribution in [0.5, 0.6) is 17.2 Å². The van der Waals surface area contributed by atoms with Crippen LogP contribution < -0.4 is 5.56 Å². The molecule has 3 aliphatic carbocycles. The minimum atomic E-state index is -2.22. The number of nitrogens with zero attached hydrogens (tertiary/aromatic N) is 1. The average molecular weight is 675 g/mol. The molecule has 0 unspecified atom stereocenters. The first-order chi connectivity index (χ1) is 22.4. The van der Waals surface area contributed by atoms with Crippen molar-refractivity contribution < 1.29 is 44.1 Å². The molecule has 0 fully saturated rings. The molecule has 0 aliphatic heterocycles. The molecule has 0 bridgehead atoms. The molecule has 0 radical (unpaired) electrons. The third kappa shape index (κ3) is 4.08. The first kappa shape index (κ1) is 30.2. The van der Waals surface area contributed by atoms with E-state index in [0.717, 1.165) is 18.7 Å². The fourth-order valence-corrected chi connectivity index (χ4v) is 7.26. The summed E-state index contributed by atoms with van der Waals surface area (Å²) in [6.07, 6.45) is 1.76. The summed E-state index contributed by atoms with van der Waals surface area (Å²) in [6.45, 7) is 0.0942. The van der Waals surface area contributed by atoms with E-state index in [1.54, 1.807) is 24.3 Å². The van der Waals surface area contributed by atoms with Crippen LogP contribution >= 0.6 is 23.2 Å². The standard InChI is InChI=1S/C33H20Cl2N2O10/c1-46-18-9-17(38)20-21(26(18)39)28(41)23-22(27(20)40)30(43)33(31(23)44)6-5-15-24(33)29(42)19-16(25(15)35)8-14(37-32(19)45)10-36-47-11-12-3-2-4-13(34)7-12/h2-4,7-10,40-42H,5-6,11H2,1H3,(H,37,45)/b36-10+/t33-/m0/s1. The third-order valence-corrected chi connectivity index (χ3v) is 9.42. The number of carbonyl (C=O) groups excluding carboxylic acids is 4. The number of nitrogens with one attached hydrogen (secondary N) is 1. The number of aromatic hydroxyl groups is 3. The Labute approximate surface area is 273 Å². The highest BCUT2D eigenvalue weighted by Gasteiger charge is 2.62. The highest BCUT2D eigenvalue weighted by Crippen LogP contribution is 2.58. The maximum atomic E-state index is 14.2. The SMILES string of the molecule is COC1=CC(=O)c2c(O)c3c(c(O)c2C1=O)C(=O)[C@]1(CCc2c1c(O)c1c(=O)[nH]c(/C=N/OCc4cccc(Cl)c4)cc1c2Cl)C3=O. The molecule has 0 saturated heterocycles. The Hall–Kier alpha value is -5.46. The van der Waals surface area contributed by atoms with Gasteiger partial charge in [0.05, 0.1) is 51.7 Å². The molecule has 236 valence electrons. The van der Waals surface area contributed by atoms with Gasteiger partial charge in [-0.2, -0.15) is 0 Å². The summed E-state index contributed by atoms with van der Waals surface area (Å²) >= 11 is 12.8. The number of ketones is 4. The number of benzene rings is 3. The van der Waals surface area contributed by atoms with Gasteiger partial charge in [0.1, 0.15) is 29.3 Å². The summed E-state index contributed by atoms with van der Waals surface area (Å²) in [5, 5.41) is 38.0. The summed E-state index contributed by atoms with van der Waals surface area (Å²) in [5.74, 6) is -7.08. The molecule has 3 aromatic carbocycles. The second-order valence-electron chi connectivity index (χ2n) is 11.2. The van der Waals surface area contributed by atoms with E-state index in [4.69, 9.17) is 32.8 Å². The number of phenols is 3. The van der Waals surface area contributed by atoms with Crippen molar-refractivity contribution in [2.45, 2.75) is 24.9 Å². The molecule has 3 aliphatic rings. The molecule has 12 nitrogen and oxygen atoms in total. The zero-order chi connectivity index (χ0) is 33.5. The van der Waals surface area contributed by atoms with E-state index in [9.17, 15) is 39.3 Å². The van der Waals surface area contributed by atoms with E-state index >= 15 is 0 Å². The van der Waals surface area contributed by atoms with Gasteiger partial charge in [-0.25, -0.2) is 0 Å². The van der Waals surface area contributed by atoms with Crippen LogP contribution in [0.15, 0.2) is 52.1 Å². The van der Waals surface area contributed by atoms with Crippen molar-refractivity contribution in [2.24, 2.45) is 5.16 Å². The van der Waals surface area contributed by atoms with Crippen LogP contribution in [0.3, 0.4) is 0 Å². The molecule has 4 aromatic rings. The van der Waals surface area contributed by atoms with Crippen LogP contribution in [0, 0.1) is 0 Å². The lowest BCUT2D eigenvalue weighted by Crippen LogP contribution is -2.36. The highest BCUT2D eigenvalue weighted by atomic mass is 35.5. The molecular formula is C33H20Cl2N2O10. The molecule has 0 saturated carbocycles. The fourth-order valence-electron chi connectivity index (χ4n) is 6.70. The first-order valence-corrected chi connectivity index (χ1v) is 14.7. The summed E-state index contributed by atoms with van der Waals surface area (Å²) in [6, 6.07) is 8.39. The fraction of sp³-hybridized carbons (Fsp3) is 0.152. The van der Waals surface area contributed by atoms with Crippen LogP contribution in [0.2, 0.25) is 10.0 Å². The molecule has 1 aromatic heterocycles. The number of oxime groups is 1. The van der Waals surface area contributed by atoms with Crippen molar-refractivity contribution in [3.63, 3.8) is 0 Å². The Morgan fingerprint density at radius 1 is 0.957 bits per heavy atom. The number of methoxy groups -OCH3 is 1. The lowest BCUT2D eigenvalue weighted by atomic mass is 9.76. The van der Waals surface area contributed by atoms with Crippen molar-refractivity contribution in [3.8, 4) is 17.2 Å². The second-order valence-corrected chi connectivity index (χ2v) is 12.0. The number of pyridine rings is 1. The van der Waals surface area contributed by atoms with Crippen LogP contribution in [0.25, 0.3) is 10.8 Å². The lowest BCUT2D eigenvalue weighted by Gasteiger charge is -2.23. The van der Waals surface area contributed by atoms with E-state index in [2.05, 4.69) is 10.1 Å². The van der Waals surface area contributed by atoms with E-state index in [-0.39, 0.29) is 52.1 Å². The van der Waals surface area contributed by atoms with Gasteiger partial charge in [0.15, 0.2) is 23.1 Å². The topological polar surface area (TPSA) is 193 Å². The van der Waals surface area contributed by atoms with E-state index in [1.807, 2.05) is 0 Å². The van der Waals surface area contributed by atoms with E-state index < -0.39 is 79.4 Å². The summed E-state index contributed by atoms with van der Waals surface area (Å²) in [5.41, 5.74) is -4.90. The number of Topliss-reactive ketones (excluding diaryl/α,β-unsaturated/α-hetero) is 3. The van der Waals surface area contributed by atoms with Gasteiger partial charge in [0.2, 0.25) is 5.78 Å². The highest BCUT2D eigenvalue weighted by molar-refractivity contribution is 6.41. The quantitative estimate of drug-likeness (QED) is 0.1000. The number of H-pyrrole nitrogens is 1. The zero-order valence-electron chi connectivity index (χ0n) is 24.1. The number of aromatic nitrogens is 1. The Kier molecular flexibility index (Phi) is 6.78. The predicted molar refractivity (Wildman–Crippen MR) is 167 cm³/mol. The van der Waals surface area contributed by atoms with Gasteiger partial charge in [0.25, 0.3) is 5.56 Å². The molecule has 1 heterocycles. The van der Waals surface area contributed by atoms with Crippen molar-refractivity contribution >= 4 is 63.3 Å². The minimum absolute atomic E-state index is 0.0173. The molecule has 14 heteroatoms. The molecule has 0 amide bonds. The smallest absolute Gasteiger partial charge is 0.260 e. The number of allylic oxidation sites excluding steroid dienone is 2. The molecule has 1 spiro atoms. The summed E-state index contributed by atoms with van der Waals surface area (Å²) < 4.78 is 4.92.